The Morgan fingerprint density at radius 1 is 1.34 bits per heavy atom. The van der Waals surface area contributed by atoms with Crippen molar-refractivity contribution in [3.63, 3.8) is 0 Å². The summed E-state index contributed by atoms with van der Waals surface area (Å²) in [6.45, 7) is 3.20. The first kappa shape index (κ1) is 21.3. The van der Waals surface area contributed by atoms with E-state index in [4.69, 9.17) is 15.9 Å². The Labute approximate surface area is 186 Å². The van der Waals surface area contributed by atoms with Gasteiger partial charge in [-0.1, -0.05) is 5.57 Å². The SMILES string of the molecule is CC(C)N/C(=C\C(=N)c1cnc(N)c(OC(F)F)c1)C1=C2CC(N3CC4CC(C3)O4)C[C@H]21. The second-order valence-electron chi connectivity index (χ2n) is 9.41. The second-order valence-corrected chi connectivity index (χ2v) is 9.41. The molecule has 2 aliphatic carbocycles. The molecule has 7 nitrogen and oxygen atoms in total. The molecule has 5 aliphatic rings. The van der Waals surface area contributed by atoms with Crippen LogP contribution in [0.25, 0.3) is 0 Å². The van der Waals surface area contributed by atoms with Gasteiger partial charge in [0.1, 0.15) is 0 Å². The lowest BCUT2D eigenvalue weighted by atomic mass is 9.95. The van der Waals surface area contributed by atoms with Crippen molar-refractivity contribution in [1.29, 1.82) is 5.41 Å². The number of pyridine rings is 1. The van der Waals surface area contributed by atoms with E-state index in [-0.39, 0.29) is 23.3 Å². The molecule has 2 bridgehead atoms. The number of nitrogens with two attached hydrogens (primary N) is 1. The maximum atomic E-state index is 12.6. The second kappa shape index (κ2) is 8.12. The van der Waals surface area contributed by atoms with Gasteiger partial charge in [-0.05, 0) is 44.4 Å². The lowest BCUT2D eigenvalue weighted by Gasteiger charge is -2.49. The highest BCUT2D eigenvalue weighted by molar-refractivity contribution is 6.07. The molecule has 172 valence electrons. The van der Waals surface area contributed by atoms with E-state index >= 15 is 0 Å². The smallest absolute Gasteiger partial charge is 0.387 e. The minimum absolute atomic E-state index is 0.125. The normalized spacial score (nSPS) is 29.2. The fourth-order valence-corrected chi connectivity index (χ4v) is 5.29. The third kappa shape index (κ3) is 4.11. The van der Waals surface area contributed by atoms with Crippen molar-refractivity contribution < 1.29 is 18.3 Å². The van der Waals surface area contributed by atoms with Gasteiger partial charge in [0, 0.05) is 55.0 Å². The number of aromatic nitrogens is 1. The maximum absolute atomic E-state index is 12.6. The summed E-state index contributed by atoms with van der Waals surface area (Å²) in [5.41, 5.74) is 9.87. The van der Waals surface area contributed by atoms with Crippen LogP contribution in [0, 0.1) is 11.3 Å². The van der Waals surface area contributed by atoms with Gasteiger partial charge in [-0.25, -0.2) is 4.98 Å². The Kier molecular flexibility index (Phi) is 5.41. The number of ether oxygens (including phenoxy) is 2. The summed E-state index contributed by atoms with van der Waals surface area (Å²) in [4.78, 5) is 6.50. The number of hydrogen-bond donors (Lipinski definition) is 3. The Balaban J connectivity index is 1.32. The van der Waals surface area contributed by atoms with Crippen LogP contribution >= 0.6 is 0 Å². The molecule has 4 heterocycles. The third-order valence-corrected chi connectivity index (χ3v) is 6.73. The molecule has 9 heteroatoms. The number of allylic oxidation sites excluding steroid dienone is 2. The number of fused-ring (bicyclic) bond motifs is 3. The zero-order valence-electron chi connectivity index (χ0n) is 18.3. The van der Waals surface area contributed by atoms with Gasteiger partial charge in [0.05, 0.1) is 17.9 Å². The molecular formula is C23H29F2N5O2. The number of rotatable bonds is 8. The summed E-state index contributed by atoms with van der Waals surface area (Å²) in [7, 11) is 0. The van der Waals surface area contributed by atoms with Crippen molar-refractivity contribution >= 4 is 11.5 Å². The molecule has 3 aliphatic heterocycles. The van der Waals surface area contributed by atoms with E-state index < -0.39 is 6.61 Å². The van der Waals surface area contributed by atoms with Crippen LogP contribution in [0.1, 0.15) is 38.7 Å². The minimum Gasteiger partial charge on any atom is -0.431 e. The zero-order chi connectivity index (χ0) is 22.6. The topological polar surface area (TPSA) is 96.5 Å². The van der Waals surface area contributed by atoms with E-state index in [0.717, 1.165) is 31.6 Å². The Morgan fingerprint density at radius 2 is 2.06 bits per heavy atom. The van der Waals surface area contributed by atoms with Gasteiger partial charge in [-0.2, -0.15) is 8.78 Å². The van der Waals surface area contributed by atoms with Crippen LogP contribution in [0.5, 0.6) is 5.75 Å². The first-order valence-electron chi connectivity index (χ1n) is 11.2. The van der Waals surface area contributed by atoms with Crippen molar-refractivity contribution in [2.24, 2.45) is 5.92 Å². The van der Waals surface area contributed by atoms with E-state index in [2.05, 4.69) is 33.8 Å². The molecule has 3 saturated heterocycles. The Hall–Kier alpha value is -2.52. The van der Waals surface area contributed by atoms with Crippen LogP contribution < -0.4 is 15.8 Å². The number of nitrogens with zero attached hydrogens (tertiary/aromatic N) is 2. The van der Waals surface area contributed by atoms with Gasteiger partial charge in [-0.15, -0.1) is 0 Å². The maximum Gasteiger partial charge on any atom is 0.387 e. The number of alkyl halides is 2. The first-order chi connectivity index (χ1) is 15.3. The van der Waals surface area contributed by atoms with Gasteiger partial charge < -0.3 is 25.9 Å². The van der Waals surface area contributed by atoms with Gasteiger partial charge >= 0.3 is 6.61 Å². The predicted octanol–water partition coefficient (Wildman–Crippen LogP) is 3.08. The van der Waals surface area contributed by atoms with Crippen molar-refractivity contribution in [1.82, 2.24) is 15.2 Å². The van der Waals surface area contributed by atoms with E-state index in [9.17, 15) is 8.78 Å². The lowest BCUT2D eigenvalue weighted by Crippen LogP contribution is -2.59. The molecule has 0 aromatic carbocycles. The summed E-state index contributed by atoms with van der Waals surface area (Å²) < 4.78 is 35.4. The molecule has 1 aromatic heterocycles. The Morgan fingerprint density at radius 3 is 2.66 bits per heavy atom. The molecule has 4 N–H and O–H groups in total. The van der Waals surface area contributed by atoms with Crippen LogP contribution in [-0.2, 0) is 4.74 Å². The molecule has 32 heavy (non-hydrogen) atoms. The van der Waals surface area contributed by atoms with E-state index in [1.54, 1.807) is 6.08 Å². The van der Waals surface area contributed by atoms with Crippen LogP contribution in [0.3, 0.4) is 0 Å². The quantitative estimate of drug-likeness (QED) is 0.532. The molecule has 6 rings (SSSR count). The van der Waals surface area contributed by atoms with Gasteiger partial charge in [-0.3, -0.25) is 4.90 Å². The van der Waals surface area contributed by atoms with Crippen LogP contribution in [0.2, 0.25) is 0 Å². The molecule has 0 spiro atoms. The van der Waals surface area contributed by atoms with Gasteiger partial charge in [0.25, 0.3) is 0 Å². The molecule has 1 aromatic rings. The highest BCUT2D eigenvalue weighted by Crippen LogP contribution is 2.56. The first-order valence-corrected chi connectivity index (χ1v) is 11.2. The van der Waals surface area contributed by atoms with E-state index in [1.165, 1.54) is 29.8 Å². The number of nitrogens with one attached hydrogen (secondary N) is 2. The third-order valence-electron chi connectivity index (χ3n) is 6.73. The van der Waals surface area contributed by atoms with Crippen LogP contribution in [0.15, 0.2) is 35.2 Å². The standard InChI is InChI=1S/C23H29F2N5O2/c1-11(2)29-19(7-18(26)12-3-20(32-23(24)25)22(27)28-8-12)21-16-4-13(5-17(16)21)30-9-14-6-15(10-30)31-14/h3,7-8,11,13-16,23,26,29H,4-6,9-10H2,1-2H3,(H2,27,28)/b19-7-,26-18?/t13?,14?,15?,16-/m1/s1. The predicted molar refractivity (Wildman–Crippen MR) is 117 cm³/mol. The average Bonchev–Trinajstić information content (AvgIpc) is 3.21. The molecule has 0 radical (unpaired) electrons. The summed E-state index contributed by atoms with van der Waals surface area (Å²) in [6, 6.07) is 2.13. The monoisotopic (exact) mass is 445 g/mol. The summed E-state index contributed by atoms with van der Waals surface area (Å²) in [5.74, 6) is 0.122. The van der Waals surface area contributed by atoms with Crippen LogP contribution in [-0.4, -0.2) is 59.6 Å². The molecule has 4 fully saturated rings. The highest BCUT2D eigenvalue weighted by Gasteiger charge is 2.50. The lowest BCUT2D eigenvalue weighted by molar-refractivity contribution is -0.187. The molecule has 0 amide bonds. The van der Waals surface area contributed by atoms with Gasteiger partial charge in [0.2, 0.25) is 0 Å². The highest BCUT2D eigenvalue weighted by atomic mass is 19.3. The number of hydrogen-bond acceptors (Lipinski definition) is 7. The number of anilines is 1. The van der Waals surface area contributed by atoms with E-state index in [0.29, 0.717) is 29.7 Å². The van der Waals surface area contributed by atoms with Crippen molar-refractivity contribution in [2.75, 3.05) is 18.8 Å². The Bertz CT molecular complexity index is 977. The van der Waals surface area contributed by atoms with Crippen molar-refractivity contribution in [3.8, 4) is 5.75 Å². The molecular weight excluding hydrogens is 416 g/mol. The number of nitrogen functional groups attached to an aromatic ring is 1. The van der Waals surface area contributed by atoms with Crippen molar-refractivity contribution in [3.05, 3.63) is 40.7 Å². The van der Waals surface area contributed by atoms with E-state index in [1.807, 2.05) is 0 Å². The number of halogens is 2. The fourth-order valence-electron chi connectivity index (χ4n) is 5.29. The van der Waals surface area contributed by atoms with Gasteiger partial charge in [0.15, 0.2) is 11.6 Å². The summed E-state index contributed by atoms with van der Waals surface area (Å²) in [6.07, 6.45) is 7.40. The molecule has 4 atom stereocenters. The van der Waals surface area contributed by atoms with Crippen molar-refractivity contribution in [2.45, 2.75) is 64.0 Å². The largest absolute Gasteiger partial charge is 0.431 e. The minimum atomic E-state index is -3.00. The molecule has 1 saturated carbocycles. The summed E-state index contributed by atoms with van der Waals surface area (Å²) in [5, 5.41) is 12.0. The van der Waals surface area contributed by atoms with Crippen LogP contribution in [0.4, 0.5) is 14.6 Å². The molecule has 3 unspecified atom stereocenters. The summed E-state index contributed by atoms with van der Waals surface area (Å²) >= 11 is 0. The average molecular weight is 446 g/mol. The number of piperidine rings is 1. The fraction of sp³-hybridized carbons (Fsp3) is 0.565. The zero-order valence-corrected chi connectivity index (χ0v) is 18.3. The number of morpholine rings is 1.